The molecule has 3 N–H and O–H groups in total. The molecular formula is C13H17N3O6S. The molecule has 0 aromatic carbocycles. The molecule has 1 fully saturated rings. The smallest absolute Gasteiger partial charge is 0.356 e. The van der Waals surface area contributed by atoms with Gasteiger partial charge in [-0.15, -0.1) is 11.8 Å². The van der Waals surface area contributed by atoms with Crippen LogP contribution in [0.5, 0.6) is 0 Å². The first-order chi connectivity index (χ1) is 10.8. The SMILES string of the molecule is CC(=O)NCOC(=O)C1=C(COC(C)=O)CSC2C(N)C(=O)N12. The standard InChI is InChI=1S/C13H17N3O6S/c1-6(17)15-5-22-13(20)10-8(3-21-7(2)18)4-23-12-9(14)11(19)16(10)12/h9,12H,3-5,14H2,1-2H3,(H,15,17). The predicted molar refractivity (Wildman–Crippen MR) is 79.5 cm³/mol. The van der Waals surface area contributed by atoms with Crippen LogP contribution in [0.15, 0.2) is 11.3 Å². The van der Waals surface area contributed by atoms with Gasteiger partial charge in [0.25, 0.3) is 0 Å². The maximum atomic E-state index is 12.3. The van der Waals surface area contributed by atoms with Crippen molar-refractivity contribution in [1.82, 2.24) is 10.2 Å². The summed E-state index contributed by atoms with van der Waals surface area (Å²) in [5.74, 6) is -1.63. The van der Waals surface area contributed by atoms with E-state index in [-0.39, 0.29) is 30.3 Å². The lowest BCUT2D eigenvalue weighted by Gasteiger charge is -2.48. The molecule has 2 heterocycles. The average Bonchev–Trinajstić information content (AvgIpc) is 2.50. The third kappa shape index (κ3) is 3.64. The minimum absolute atomic E-state index is 0.0343. The summed E-state index contributed by atoms with van der Waals surface area (Å²) in [5, 5.41) is 1.98. The van der Waals surface area contributed by atoms with Gasteiger partial charge in [0, 0.05) is 25.2 Å². The zero-order valence-corrected chi connectivity index (χ0v) is 13.5. The quantitative estimate of drug-likeness (QED) is 0.357. The molecule has 0 bridgehead atoms. The van der Waals surface area contributed by atoms with E-state index in [1.54, 1.807) is 0 Å². The molecule has 0 aromatic rings. The van der Waals surface area contributed by atoms with E-state index in [2.05, 4.69) is 5.32 Å². The number of hydrogen-bond acceptors (Lipinski definition) is 8. The molecule has 0 radical (unpaired) electrons. The normalized spacial score (nSPS) is 22.9. The zero-order chi connectivity index (χ0) is 17.1. The van der Waals surface area contributed by atoms with Crippen LogP contribution in [0.4, 0.5) is 0 Å². The second-order valence-corrected chi connectivity index (χ2v) is 6.08. The summed E-state index contributed by atoms with van der Waals surface area (Å²) in [6.07, 6.45) is 0. The van der Waals surface area contributed by atoms with Gasteiger partial charge in [0.1, 0.15) is 23.7 Å². The number of fused-ring (bicyclic) bond motifs is 1. The number of esters is 2. The second-order valence-electron chi connectivity index (χ2n) is 4.98. The first kappa shape index (κ1) is 17.3. The molecule has 23 heavy (non-hydrogen) atoms. The molecule has 9 nitrogen and oxygen atoms in total. The molecule has 2 amide bonds. The number of carbonyl (C=O) groups is 4. The summed E-state index contributed by atoms with van der Waals surface area (Å²) in [6, 6.07) is -0.673. The molecule has 2 atom stereocenters. The molecule has 1 saturated heterocycles. The number of nitrogens with zero attached hydrogens (tertiary/aromatic N) is 1. The van der Waals surface area contributed by atoms with Gasteiger partial charge in [-0.1, -0.05) is 0 Å². The van der Waals surface area contributed by atoms with Crippen molar-refractivity contribution in [1.29, 1.82) is 0 Å². The molecule has 0 spiro atoms. The maximum absolute atomic E-state index is 12.3. The highest BCUT2D eigenvalue weighted by Crippen LogP contribution is 2.39. The Morgan fingerprint density at radius 2 is 2.04 bits per heavy atom. The summed E-state index contributed by atoms with van der Waals surface area (Å²) in [5.41, 5.74) is 6.22. The molecular weight excluding hydrogens is 326 g/mol. The van der Waals surface area contributed by atoms with Crippen LogP contribution in [0, 0.1) is 0 Å². The summed E-state index contributed by atoms with van der Waals surface area (Å²) in [6.45, 7) is 2.10. The molecule has 2 aliphatic rings. The number of amides is 2. The van der Waals surface area contributed by atoms with Crippen molar-refractivity contribution >= 4 is 35.5 Å². The number of nitrogens with one attached hydrogen (secondary N) is 1. The van der Waals surface area contributed by atoms with Crippen molar-refractivity contribution in [3.05, 3.63) is 11.3 Å². The lowest BCUT2D eigenvalue weighted by atomic mass is 10.0. The van der Waals surface area contributed by atoms with Gasteiger partial charge in [0.15, 0.2) is 6.73 Å². The molecule has 0 aliphatic carbocycles. The lowest BCUT2D eigenvalue weighted by Crippen LogP contribution is -2.68. The Hall–Kier alpha value is -2.07. The van der Waals surface area contributed by atoms with Crippen LogP contribution in [-0.4, -0.2) is 59.2 Å². The minimum atomic E-state index is -0.772. The molecule has 126 valence electrons. The second kappa shape index (κ2) is 7.01. The Kier molecular flexibility index (Phi) is 5.26. The Morgan fingerprint density at radius 1 is 1.35 bits per heavy atom. The number of hydrogen-bond donors (Lipinski definition) is 2. The minimum Gasteiger partial charge on any atom is -0.461 e. The van der Waals surface area contributed by atoms with Gasteiger partial charge in [-0.25, -0.2) is 4.79 Å². The summed E-state index contributed by atoms with van der Waals surface area (Å²) in [4.78, 5) is 47.2. The highest BCUT2D eigenvalue weighted by Gasteiger charge is 2.52. The van der Waals surface area contributed by atoms with Crippen molar-refractivity contribution in [2.75, 3.05) is 19.1 Å². The van der Waals surface area contributed by atoms with E-state index in [1.807, 2.05) is 0 Å². The van der Waals surface area contributed by atoms with Crippen molar-refractivity contribution in [3.8, 4) is 0 Å². The van der Waals surface area contributed by atoms with E-state index in [1.165, 1.54) is 30.5 Å². The van der Waals surface area contributed by atoms with Crippen molar-refractivity contribution in [2.45, 2.75) is 25.3 Å². The fourth-order valence-corrected chi connectivity index (χ4v) is 3.41. The number of rotatable bonds is 5. The van der Waals surface area contributed by atoms with E-state index in [4.69, 9.17) is 15.2 Å². The van der Waals surface area contributed by atoms with Gasteiger partial charge in [0.2, 0.25) is 11.8 Å². The Morgan fingerprint density at radius 3 is 2.65 bits per heavy atom. The van der Waals surface area contributed by atoms with Gasteiger partial charge in [-0.2, -0.15) is 0 Å². The molecule has 0 saturated carbocycles. The number of β-lactam (4-membered cyclic amide) rings is 1. The summed E-state index contributed by atoms with van der Waals surface area (Å²) in [7, 11) is 0. The van der Waals surface area contributed by atoms with Gasteiger partial charge < -0.3 is 20.5 Å². The zero-order valence-electron chi connectivity index (χ0n) is 12.7. The van der Waals surface area contributed by atoms with Crippen LogP contribution < -0.4 is 11.1 Å². The van der Waals surface area contributed by atoms with Gasteiger partial charge >= 0.3 is 11.9 Å². The topological polar surface area (TPSA) is 128 Å². The van der Waals surface area contributed by atoms with E-state index in [0.717, 1.165) is 0 Å². The third-order valence-corrected chi connectivity index (χ3v) is 4.62. The first-order valence-electron chi connectivity index (χ1n) is 6.80. The fraction of sp³-hybridized carbons (Fsp3) is 0.538. The highest BCUT2D eigenvalue weighted by molar-refractivity contribution is 8.00. The maximum Gasteiger partial charge on any atom is 0.356 e. The largest absolute Gasteiger partial charge is 0.461 e. The van der Waals surface area contributed by atoms with Gasteiger partial charge in [-0.3, -0.25) is 19.3 Å². The van der Waals surface area contributed by atoms with Crippen LogP contribution in [-0.2, 0) is 28.7 Å². The monoisotopic (exact) mass is 343 g/mol. The molecule has 2 aliphatic heterocycles. The Balaban J connectivity index is 2.17. The van der Waals surface area contributed by atoms with Gasteiger partial charge in [0.05, 0.1) is 0 Å². The van der Waals surface area contributed by atoms with Gasteiger partial charge in [-0.05, 0) is 0 Å². The lowest BCUT2D eigenvalue weighted by molar-refractivity contribution is -0.152. The third-order valence-electron chi connectivity index (χ3n) is 3.26. The Labute approximate surface area is 136 Å². The van der Waals surface area contributed by atoms with E-state index in [0.29, 0.717) is 11.3 Å². The molecule has 2 unspecified atom stereocenters. The van der Waals surface area contributed by atoms with Crippen LogP contribution >= 0.6 is 11.8 Å². The van der Waals surface area contributed by atoms with E-state index >= 15 is 0 Å². The highest BCUT2D eigenvalue weighted by atomic mass is 32.2. The van der Waals surface area contributed by atoms with Crippen LogP contribution in [0.2, 0.25) is 0 Å². The van der Waals surface area contributed by atoms with Crippen LogP contribution in [0.25, 0.3) is 0 Å². The average molecular weight is 343 g/mol. The number of carbonyl (C=O) groups excluding carboxylic acids is 4. The molecule has 2 rings (SSSR count). The first-order valence-corrected chi connectivity index (χ1v) is 7.85. The van der Waals surface area contributed by atoms with Crippen molar-refractivity contribution < 1.29 is 28.7 Å². The summed E-state index contributed by atoms with van der Waals surface area (Å²) < 4.78 is 9.87. The van der Waals surface area contributed by atoms with Crippen molar-refractivity contribution in [3.63, 3.8) is 0 Å². The summed E-state index contributed by atoms with van der Waals surface area (Å²) >= 11 is 1.39. The number of thioether (sulfide) groups is 1. The molecule has 10 heteroatoms. The van der Waals surface area contributed by atoms with Crippen LogP contribution in [0.1, 0.15) is 13.8 Å². The van der Waals surface area contributed by atoms with E-state index in [9.17, 15) is 19.2 Å². The van der Waals surface area contributed by atoms with Crippen LogP contribution in [0.3, 0.4) is 0 Å². The molecule has 0 aromatic heterocycles. The predicted octanol–water partition coefficient (Wildman–Crippen LogP) is -1.32. The number of ether oxygens (including phenoxy) is 2. The van der Waals surface area contributed by atoms with Crippen molar-refractivity contribution in [2.24, 2.45) is 5.73 Å². The number of nitrogens with two attached hydrogens (primary N) is 1. The van der Waals surface area contributed by atoms with E-state index < -0.39 is 23.9 Å². The Bertz CT molecular complexity index is 590. The fourth-order valence-electron chi connectivity index (χ4n) is 2.14.